The molecule has 3 rings (SSSR count). The van der Waals surface area contributed by atoms with Crippen LogP contribution in [0.4, 0.5) is 0 Å². The summed E-state index contributed by atoms with van der Waals surface area (Å²) in [6.07, 6.45) is 6.86. The van der Waals surface area contributed by atoms with E-state index in [2.05, 4.69) is 63.6 Å². The third-order valence-corrected chi connectivity index (χ3v) is 6.38. The molecule has 7 heteroatoms. The number of aliphatic imine (C=N–C) groups is 1. The molecule has 0 radical (unpaired) electrons. The largest absolute Gasteiger partial charge is 0.356 e. The highest BCUT2D eigenvalue weighted by Crippen LogP contribution is 2.20. The molecule has 0 aliphatic carbocycles. The van der Waals surface area contributed by atoms with Crippen molar-refractivity contribution < 1.29 is 0 Å². The van der Waals surface area contributed by atoms with Gasteiger partial charge < -0.3 is 10.6 Å². The molecule has 1 fully saturated rings. The van der Waals surface area contributed by atoms with Crippen molar-refractivity contribution >= 4 is 41.3 Å². The third-order valence-electron chi connectivity index (χ3n) is 5.40. The average molecular weight is 528 g/mol. The normalized spacial score (nSPS) is 17.6. The van der Waals surface area contributed by atoms with Gasteiger partial charge in [-0.05, 0) is 44.4 Å². The second-order valence-corrected chi connectivity index (χ2v) is 8.87. The van der Waals surface area contributed by atoms with Crippen LogP contribution in [0.15, 0.2) is 35.5 Å². The van der Waals surface area contributed by atoms with E-state index in [1.165, 1.54) is 46.8 Å². The summed E-state index contributed by atoms with van der Waals surface area (Å²) in [4.78, 5) is 12.7. The highest BCUT2D eigenvalue weighted by molar-refractivity contribution is 14.0. The molecule has 1 aromatic heterocycles. The summed E-state index contributed by atoms with van der Waals surface area (Å²) in [5.41, 5.74) is 2.76. The summed E-state index contributed by atoms with van der Waals surface area (Å²) >= 11 is 1.76. The lowest BCUT2D eigenvalue weighted by atomic mass is 10.0. The molecule has 1 aliphatic rings. The van der Waals surface area contributed by atoms with Crippen LogP contribution in [-0.4, -0.2) is 42.0 Å². The fraction of sp³-hybridized carbons (Fsp3) is 0.545. The van der Waals surface area contributed by atoms with E-state index in [1.54, 1.807) is 11.3 Å². The first kappa shape index (κ1) is 24.1. The highest BCUT2D eigenvalue weighted by atomic mass is 127. The molecule has 1 aromatic carbocycles. The average Bonchev–Trinajstić information content (AvgIpc) is 3.12. The lowest BCUT2D eigenvalue weighted by Crippen LogP contribution is -2.39. The van der Waals surface area contributed by atoms with Crippen molar-refractivity contribution in [3.63, 3.8) is 0 Å². The van der Waals surface area contributed by atoms with Crippen molar-refractivity contribution in [2.24, 2.45) is 4.99 Å². The molecule has 1 saturated heterocycles. The van der Waals surface area contributed by atoms with Crippen LogP contribution in [0.25, 0.3) is 0 Å². The van der Waals surface area contributed by atoms with Crippen LogP contribution in [0.3, 0.4) is 0 Å². The Balaban J connectivity index is 0.00000300. The van der Waals surface area contributed by atoms with E-state index in [0.29, 0.717) is 6.04 Å². The smallest absolute Gasteiger partial charge is 0.191 e. The minimum Gasteiger partial charge on any atom is -0.356 e. The van der Waals surface area contributed by atoms with Crippen molar-refractivity contribution in [1.29, 1.82) is 0 Å². The van der Waals surface area contributed by atoms with Gasteiger partial charge in [-0.1, -0.05) is 30.7 Å². The molecule has 0 saturated carbocycles. The molecule has 29 heavy (non-hydrogen) atoms. The number of halogens is 1. The van der Waals surface area contributed by atoms with Crippen LogP contribution in [-0.2, 0) is 19.5 Å². The number of guanidine groups is 1. The zero-order valence-corrected chi connectivity index (χ0v) is 20.9. The lowest BCUT2D eigenvalue weighted by molar-refractivity contribution is 0.152. The van der Waals surface area contributed by atoms with Gasteiger partial charge in [0.1, 0.15) is 0 Å². The van der Waals surface area contributed by atoms with Gasteiger partial charge in [-0.15, -0.1) is 35.3 Å². The number of thiazole rings is 1. The molecule has 1 atom stereocenters. The summed E-state index contributed by atoms with van der Waals surface area (Å²) in [5, 5.41) is 8.04. The quantitative estimate of drug-likeness (QED) is 0.320. The molecule has 1 unspecified atom stereocenters. The maximum atomic E-state index is 4.42. The van der Waals surface area contributed by atoms with E-state index in [9.17, 15) is 0 Å². The van der Waals surface area contributed by atoms with Crippen LogP contribution in [0, 0.1) is 6.92 Å². The van der Waals surface area contributed by atoms with Crippen LogP contribution < -0.4 is 10.6 Å². The van der Waals surface area contributed by atoms with E-state index in [0.717, 1.165) is 32.0 Å². The summed E-state index contributed by atoms with van der Waals surface area (Å²) in [7, 11) is 1.82. The number of hydrogen-bond acceptors (Lipinski definition) is 4. The Morgan fingerprint density at radius 3 is 2.72 bits per heavy atom. The second-order valence-electron chi connectivity index (χ2n) is 7.55. The van der Waals surface area contributed by atoms with E-state index < -0.39 is 0 Å². The van der Waals surface area contributed by atoms with Crippen LogP contribution in [0.1, 0.15) is 47.2 Å². The number of nitrogens with zero attached hydrogens (tertiary/aromatic N) is 3. The first-order valence-electron chi connectivity index (χ1n) is 10.3. The standard InChI is InChI=1S/C22H33N5S.HI/c1-17-8-6-7-13-27(17)16-20-10-5-4-9-19(20)15-26-22(23-3)24-12-11-21-25-14-18(2)28-21;/h4-5,9-10,14,17H,6-8,11-13,15-16H2,1-3H3,(H2,23,24,26);1H. The zero-order chi connectivity index (χ0) is 19.8. The van der Waals surface area contributed by atoms with Gasteiger partial charge in [0.2, 0.25) is 0 Å². The Hall–Kier alpha value is -1.19. The van der Waals surface area contributed by atoms with E-state index in [4.69, 9.17) is 0 Å². The van der Waals surface area contributed by atoms with Gasteiger partial charge in [0, 0.05) is 50.2 Å². The van der Waals surface area contributed by atoms with Gasteiger partial charge in [-0.3, -0.25) is 9.89 Å². The topological polar surface area (TPSA) is 52.6 Å². The predicted molar refractivity (Wildman–Crippen MR) is 134 cm³/mol. The minimum absolute atomic E-state index is 0. The number of piperidine rings is 1. The van der Waals surface area contributed by atoms with Crippen molar-refractivity contribution in [3.05, 3.63) is 51.5 Å². The van der Waals surface area contributed by atoms with Crippen LogP contribution in [0.2, 0.25) is 0 Å². The summed E-state index contributed by atoms with van der Waals surface area (Å²) < 4.78 is 0. The van der Waals surface area contributed by atoms with Crippen LogP contribution in [0.5, 0.6) is 0 Å². The maximum Gasteiger partial charge on any atom is 0.191 e. The molecule has 2 heterocycles. The fourth-order valence-corrected chi connectivity index (χ4v) is 4.49. The Bertz CT molecular complexity index is 776. The van der Waals surface area contributed by atoms with Gasteiger partial charge in [-0.25, -0.2) is 4.98 Å². The molecular weight excluding hydrogens is 493 g/mol. The Morgan fingerprint density at radius 2 is 2.03 bits per heavy atom. The van der Waals surface area contributed by atoms with Gasteiger partial charge in [0.05, 0.1) is 5.01 Å². The number of aromatic nitrogens is 1. The number of rotatable bonds is 7. The second kappa shape index (κ2) is 12.5. The first-order valence-corrected chi connectivity index (χ1v) is 11.1. The van der Waals surface area contributed by atoms with Crippen LogP contribution >= 0.6 is 35.3 Å². The fourth-order valence-electron chi connectivity index (χ4n) is 3.70. The number of hydrogen-bond donors (Lipinski definition) is 2. The molecular formula is C22H34IN5S. The number of benzene rings is 1. The van der Waals surface area contributed by atoms with Gasteiger partial charge in [0.15, 0.2) is 5.96 Å². The maximum absolute atomic E-state index is 4.42. The molecule has 1 aliphatic heterocycles. The zero-order valence-electron chi connectivity index (χ0n) is 17.8. The van der Waals surface area contributed by atoms with E-state index in [-0.39, 0.29) is 24.0 Å². The summed E-state index contributed by atoms with van der Waals surface area (Å²) in [5.74, 6) is 0.842. The molecule has 2 aromatic rings. The van der Waals surface area contributed by atoms with Gasteiger partial charge >= 0.3 is 0 Å². The number of aryl methyl sites for hydroxylation is 1. The number of nitrogens with one attached hydrogen (secondary N) is 2. The molecule has 160 valence electrons. The predicted octanol–water partition coefficient (Wildman–Crippen LogP) is 4.35. The molecule has 0 amide bonds. The summed E-state index contributed by atoms with van der Waals surface area (Å²) in [6, 6.07) is 9.44. The lowest BCUT2D eigenvalue weighted by Gasteiger charge is -2.33. The Labute approximate surface area is 196 Å². The van der Waals surface area contributed by atoms with Crippen molar-refractivity contribution in [2.45, 2.75) is 58.7 Å². The van der Waals surface area contributed by atoms with E-state index >= 15 is 0 Å². The third kappa shape index (κ3) is 7.53. The minimum atomic E-state index is 0. The highest BCUT2D eigenvalue weighted by Gasteiger charge is 2.19. The first-order chi connectivity index (χ1) is 13.7. The van der Waals surface area contributed by atoms with Crippen molar-refractivity contribution in [3.8, 4) is 0 Å². The molecule has 0 bridgehead atoms. The molecule has 2 N–H and O–H groups in total. The summed E-state index contributed by atoms with van der Waals surface area (Å²) in [6.45, 7) is 8.32. The van der Waals surface area contributed by atoms with Gasteiger partial charge in [0.25, 0.3) is 0 Å². The van der Waals surface area contributed by atoms with E-state index in [1.807, 2.05) is 13.2 Å². The molecule has 5 nitrogen and oxygen atoms in total. The number of likely N-dealkylation sites (tertiary alicyclic amines) is 1. The van der Waals surface area contributed by atoms with Crippen molar-refractivity contribution in [2.75, 3.05) is 20.1 Å². The molecule has 0 spiro atoms. The SMILES string of the molecule is CN=C(NCCc1ncc(C)s1)NCc1ccccc1CN1CCCCC1C.I. The Kier molecular flexibility index (Phi) is 10.4. The van der Waals surface area contributed by atoms with Gasteiger partial charge in [-0.2, -0.15) is 0 Å². The monoisotopic (exact) mass is 527 g/mol. The Morgan fingerprint density at radius 1 is 1.24 bits per heavy atom. The van der Waals surface area contributed by atoms with Crippen molar-refractivity contribution in [1.82, 2.24) is 20.5 Å².